The van der Waals surface area contributed by atoms with Crippen LogP contribution in [-0.4, -0.2) is 62.9 Å². The fourth-order valence-corrected chi connectivity index (χ4v) is 5.67. The molecule has 0 radical (unpaired) electrons. The van der Waals surface area contributed by atoms with Crippen LogP contribution in [0, 0.1) is 0 Å². The Hall–Kier alpha value is -1.15. The molecule has 1 aromatic rings. The van der Waals surface area contributed by atoms with Crippen molar-refractivity contribution in [3.63, 3.8) is 0 Å². The van der Waals surface area contributed by atoms with Gasteiger partial charge >= 0.3 is 0 Å². The Bertz CT molecular complexity index is 770. The minimum atomic E-state index is -3.71. The Morgan fingerprint density at radius 2 is 1.93 bits per heavy atom. The van der Waals surface area contributed by atoms with Crippen LogP contribution in [0.15, 0.2) is 23.1 Å². The number of nitrogens with zero attached hydrogens (tertiary/aromatic N) is 2. The van der Waals surface area contributed by atoms with Gasteiger partial charge in [0.2, 0.25) is 10.0 Å². The Labute approximate surface area is 166 Å². The van der Waals surface area contributed by atoms with E-state index in [4.69, 9.17) is 16.3 Å². The van der Waals surface area contributed by atoms with E-state index in [0.717, 1.165) is 45.1 Å². The number of hydrogen-bond donors (Lipinski definition) is 0. The summed E-state index contributed by atoms with van der Waals surface area (Å²) in [7, 11) is -2.00. The number of carbonyl (C=O) groups excluding carboxylic acids is 1. The SMILES string of the molecule is CN(CC1CCCO1)C(=O)c1ccc(Cl)c(S(=O)(=O)N2CCCCCC2)c1. The van der Waals surface area contributed by atoms with Crippen LogP contribution in [0.25, 0.3) is 0 Å². The van der Waals surface area contributed by atoms with Gasteiger partial charge in [-0.3, -0.25) is 4.79 Å². The molecule has 0 spiro atoms. The topological polar surface area (TPSA) is 66.9 Å². The fourth-order valence-electron chi connectivity index (χ4n) is 3.65. The molecule has 0 bridgehead atoms. The molecule has 150 valence electrons. The van der Waals surface area contributed by atoms with Crippen LogP contribution in [0.2, 0.25) is 5.02 Å². The summed E-state index contributed by atoms with van der Waals surface area (Å²) in [6.45, 7) is 2.22. The van der Waals surface area contributed by atoms with Gasteiger partial charge in [0.1, 0.15) is 4.90 Å². The van der Waals surface area contributed by atoms with Gasteiger partial charge in [-0.05, 0) is 43.9 Å². The third-order valence-electron chi connectivity index (χ3n) is 5.21. The number of halogens is 1. The Kier molecular flexibility index (Phi) is 6.78. The first-order valence-electron chi connectivity index (χ1n) is 9.56. The van der Waals surface area contributed by atoms with E-state index in [1.54, 1.807) is 18.0 Å². The quantitative estimate of drug-likeness (QED) is 0.742. The van der Waals surface area contributed by atoms with Gasteiger partial charge in [0.05, 0.1) is 11.1 Å². The van der Waals surface area contributed by atoms with Crippen molar-refractivity contribution in [2.45, 2.75) is 49.5 Å². The third kappa shape index (κ3) is 4.83. The van der Waals surface area contributed by atoms with Crippen molar-refractivity contribution in [2.75, 3.05) is 33.3 Å². The average Bonchev–Trinajstić information content (AvgIpc) is 2.99. The second-order valence-corrected chi connectivity index (χ2v) is 9.60. The first-order chi connectivity index (χ1) is 12.9. The van der Waals surface area contributed by atoms with Crippen LogP contribution in [0.5, 0.6) is 0 Å². The normalized spacial score (nSPS) is 21.8. The second-order valence-electron chi connectivity index (χ2n) is 7.28. The first kappa shape index (κ1) is 20.6. The van der Waals surface area contributed by atoms with Crippen LogP contribution in [0.4, 0.5) is 0 Å². The third-order valence-corrected chi connectivity index (χ3v) is 7.59. The molecular weight excluding hydrogens is 388 g/mol. The van der Waals surface area contributed by atoms with Crippen LogP contribution >= 0.6 is 11.6 Å². The monoisotopic (exact) mass is 414 g/mol. The van der Waals surface area contributed by atoms with E-state index in [1.165, 1.54) is 16.4 Å². The predicted octanol–water partition coefficient (Wildman–Crippen LogP) is 3.16. The van der Waals surface area contributed by atoms with Crippen molar-refractivity contribution in [3.8, 4) is 0 Å². The summed E-state index contributed by atoms with van der Waals surface area (Å²) in [4.78, 5) is 14.4. The molecule has 1 amide bonds. The van der Waals surface area contributed by atoms with E-state index in [2.05, 4.69) is 0 Å². The molecule has 2 aliphatic rings. The lowest BCUT2D eigenvalue weighted by atomic mass is 10.2. The summed E-state index contributed by atoms with van der Waals surface area (Å²) in [5.74, 6) is -0.227. The lowest BCUT2D eigenvalue weighted by Crippen LogP contribution is -2.34. The van der Waals surface area contributed by atoms with E-state index in [9.17, 15) is 13.2 Å². The number of benzene rings is 1. The van der Waals surface area contributed by atoms with Crippen molar-refractivity contribution in [1.29, 1.82) is 0 Å². The predicted molar refractivity (Wildman–Crippen MR) is 105 cm³/mol. The van der Waals surface area contributed by atoms with Crippen molar-refractivity contribution in [2.24, 2.45) is 0 Å². The van der Waals surface area contributed by atoms with Gasteiger partial charge in [0.15, 0.2) is 0 Å². The van der Waals surface area contributed by atoms with Gasteiger partial charge in [-0.25, -0.2) is 8.42 Å². The molecule has 2 heterocycles. The number of likely N-dealkylation sites (N-methyl/N-ethyl adjacent to an activating group) is 1. The number of carbonyl (C=O) groups is 1. The van der Waals surface area contributed by atoms with E-state index in [-0.39, 0.29) is 21.9 Å². The highest BCUT2D eigenvalue weighted by Crippen LogP contribution is 2.28. The number of sulfonamides is 1. The van der Waals surface area contributed by atoms with Gasteiger partial charge in [-0.2, -0.15) is 4.31 Å². The summed E-state index contributed by atoms with van der Waals surface area (Å²) in [5.41, 5.74) is 0.327. The van der Waals surface area contributed by atoms with Crippen LogP contribution < -0.4 is 0 Å². The molecule has 6 nitrogen and oxygen atoms in total. The Morgan fingerprint density at radius 1 is 1.22 bits per heavy atom. The lowest BCUT2D eigenvalue weighted by Gasteiger charge is -2.23. The van der Waals surface area contributed by atoms with Gasteiger partial charge in [-0.1, -0.05) is 24.4 Å². The number of amides is 1. The second kappa shape index (κ2) is 8.90. The van der Waals surface area contributed by atoms with Crippen LogP contribution in [0.3, 0.4) is 0 Å². The summed E-state index contributed by atoms with van der Waals surface area (Å²) >= 11 is 6.21. The maximum atomic E-state index is 13.1. The Morgan fingerprint density at radius 3 is 2.56 bits per heavy atom. The standard InChI is InChI=1S/C19H27ClN2O4S/c1-21(14-16-7-6-12-26-16)19(23)15-8-9-17(20)18(13-15)27(24,25)22-10-4-2-3-5-11-22/h8-9,13,16H,2-7,10-12,14H2,1H3. The number of rotatable bonds is 5. The summed E-state index contributed by atoms with van der Waals surface area (Å²) in [6.07, 6.45) is 5.75. The molecule has 2 fully saturated rings. The molecule has 0 aromatic heterocycles. The van der Waals surface area contributed by atoms with Crippen LogP contribution in [-0.2, 0) is 14.8 Å². The summed E-state index contributed by atoms with van der Waals surface area (Å²) in [6, 6.07) is 4.49. The van der Waals surface area contributed by atoms with Gasteiger partial charge in [-0.15, -0.1) is 0 Å². The maximum absolute atomic E-state index is 13.1. The molecule has 0 N–H and O–H groups in total. The molecule has 2 aliphatic heterocycles. The molecule has 1 aromatic carbocycles. The van der Waals surface area contributed by atoms with Crippen molar-refractivity contribution >= 4 is 27.5 Å². The average molecular weight is 415 g/mol. The minimum Gasteiger partial charge on any atom is -0.376 e. The van der Waals surface area contributed by atoms with E-state index >= 15 is 0 Å². The van der Waals surface area contributed by atoms with Gasteiger partial charge < -0.3 is 9.64 Å². The molecule has 0 aliphatic carbocycles. The fraction of sp³-hybridized carbons (Fsp3) is 0.632. The summed E-state index contributed by atoms with van der Waals surface area (Å²) in [5, 5.41) is 0.151. The highest BCUT2D eigenvalue weighted by Gasteiger charge is 2.29. The molecule has 1 atom stereocenters. The highest BCUT2D eigenvalue weighted by atomic mass is 35.5. The zero-order chi connectivity index (χ0) is 19.4. The zero-order valence-corrected chi connectivity index (χ0v) is 17.3. The molecule has 8 heteroatoms. The smallest absolute Gasteiger partial charge is 0.253 e. The molecule has 27 heavy (non-hydrogen) atoms. The molecule has 1 unspecified atom stereocenters. The van der Waals surface area contributed by atoms with Crippen molar-refractivity contribution in [3.05, 3.63) is 28.8 Å². The van der Waals surface area contributed by atoms with E-state index in [0.29, 0.717) is 25.2 Å². The number of hydrogen-bond acceptors (Lipinski definition) is 4. The van der Waals surface area contributed by atoms with Crippen molar-refractivity contribution in [1.82, 2.24) is 9.21 Å². The summed E-state index contributed by atoms with van der Waals surface area (Å²) < 4.78 is 33.2. The molecule has 0 saturated carbocycles. The van der Waals surface area contributed by atoms with E-state index < -0.39 is 10.0 Å². The van der Waals surface area contributed by atoms with Gasteiger partial charge in [0.25, 0.3) is 5.91 Å². The molecule has 2 saturated heterocycles. The molecular formula is C19H27ClN2O4S. The minimum absolute atomic E-state index is 0.0161. The maximum Gasteiger partial charge on any atom is 0.253 e. The Balaban J connectivity index is 1.81. The first-order valence-corrected chi connectivity index (χ1v) is 11.4. The van der Waals surface area contributed by atoms with E-state index in [1.807, 2.05) is 0 Å². The van der Waals surface area contributed by atoms with Gasteiger partial charge in [0, 0.05) is 38.9 Å². The van der Waals surface area contributed by atoms with Crippen LogP contribution in [0.1, 0.15) is 48.9 Å². The zero-order valence-electron chi connectivity index (χ0n) is 15.7. The molecule has 3 rings (SSSR count). The number of ether oxygens (including phenoxy) is 1. The largest absolute Gasteiger partial charge is 0.376 e. The lowest BCUT2D eigenvalue weighted by molar-refractivity contribution is 0.0587. The van der Waals surface area contributed by atoms with Crippen molar-refractivity contribution < 1.29 is 17.9 Å². The highest BCUT2D eigenvalue weighted by molar-refractivity contribution is 7.89.